The molecule has 0 aliphatic heterocycles. The summed E-state index contributed by atoms with van der Waals surface area (Å²) in [5.41, 5.74) is 2.70. The summed E-state index contributed by atoms with van der Waals surface area (Å²) in [6.07, 6.45) is 3.73. The summed E-state index contributed by atoms with van der Waals surface area (Å²) < 4.78 is 41.0. The third-order valence-electron chi connectivity index (χ3n) is 4.39. The lowest BCUT2D eigenvalue weighted by Crippen LogP contribution is -2.00. The Morgan fingerprint density at radius 2 is 1.58 bits per heavy atom. The summed E-state index contributed by atoms with van der Waals surface area (Å²) in [5, 5.41) is 0. The average molecular weight is 352 g/mol. The molecule has 132 valence electrons. The van der Waals surface area contributed by atoms with Crippen LogP contribution in [0.2, 0.25) is 0 Å². The van der Waals surface area contributed by atoms with Crippen LogP contribution >= 0.6 is 0 Å². The van der Waals surface area contributed by atoms with Gasteiger partial charge in [-0.2, -0.15) is 0 Å². The van der Waals surface area contributed by atoms with Crippen LogP contribution in [0, 0.1) is 17.5 Å². The minimum Gasteiger partial charge on any atom is -0.207 e. The summed E-state index contributed by atoms with van der Waals surface area (Å²) in [6.45, 7) is 2.07. The summed E-state index contributed by atoms with van der Waals surface area (Å²) >= 11 is 0. The lowest BCUT2D eigenvalue weighted by Gasteiger charge is -2.13. The first-order valence-electron chi connectivity index (χ1n) is 8.49. The van der Waals surface area contributed by atoms with E-state index in [2.05, 4.69) is 6.92 Å². The molecular formula is C23H19F3. The number of hydrogen-bond donors (Lipinski definition) is 0. The summed E-state index contributed by atoms with van der Waals surface area (Å²) in [4.78, 5) is 0. The van der Waals surface area contributed by atoms with Crippen molar-refractivity contribution in [2.24, 2.45) is 0 Å². The van der Waals surface area contributed by atoms with Crippen molar-refractivity contribution in [1.82, 2.24) is 0 Å². The Labute approximate surface area is 151 Å². The maximum absolute atomic E-state index is 14.4. The number of hydrogen-bond acceptors (Lipinski definition) is 0. The first-order valence-corrected chi connectivity index (χ1v) is 8.49. The Balaban J connectivity index is 1.74. The second kappa shape index (κ2) is 8.05. The molecule has 0 aliphatic rings. The van der Waals surface area contributed by atoms with E-state index in [4.69, 9.17) is 0 Å². The summed E-state index contributed by atoms with van der Waals surface area (Å²) in [6, 6.07) is 18.4. The Kier molecular flexibility index (Phi) is 5.57. The van der Waals surface area contributed by atoms with Crippen LogP contribution in [0.1, 0.15) is 35.1 Å². The maximum Gasteiger partial charge on any atom is 0.133 e. The highest BCUT2D eigenvalue weighted by atomic mass is 19.1. The van der Waals surface area contributed by atoms with E-state index >= 15 is 0 Å². The molecule has 1 atom stereocenters. The third kappa shape index (κ3) is 4.42. The molecule has 0 nitrogen and oxygen atoms in total. The van der Waals surface area contributed by atoms with Crippen molar-refractivity contribution in [2.45, 2.75) is 19.3 Å². The molecule has 3 aromatic carbocycles. The third-order valence-corrected chi connectivity index (χ3v) is 4.39. The van der Waals surface area contributed by atoms with Crippen LogP contribution in [0.3, 0.4) is 0 Å². The largest absolute Gasteiger partial charge is 0.207 e. The van der Waals surface area contributed by atoms with E-state index in [1.165, 1.54) is 29.8 Å². The topological polar surface area (TPSA) is 0 Å². The molecule has 0 saturated carbocycles. The van der Waals surface area contributed by atoms with Crippen molar-refractivity contribution in [2.75, 3.05) is 0 Å². The van der Waals surface area contributed by atoms with Gasteiger partial charge in [-0.1, -0.05) is 61.5 Å². The van der Waals surface area contributed by atoms with Gasteiger partial charge in [-0.15, -0.1) is 0 Å². The van der Waals surface area contributed by atoms with Crippen molar-refractivity contribution in [1.29, 1.82) is 0 Å². The Morgan fingerprint density at radius 3 is 2.27 bits per heavy atom. The van der Waals surface area contributed by atoms with Crippen LogP contribution in [0.15, 0.2) is 66.7 Å². The van der Waals surface area contributed by atoms with Gasteiger partial charge in [0.15, 0.2) is 0 Å². The zero-order chi connectivity index (χ0) is 18.5. The fourth-order valence-electron chi connectivity index (χ4n) is 2.88. The second-order valence-corrected chi connectivity index (χ2v) is 6.37. The fraction of sp³-hybridized carbons (Fsp3) is 0.130. The molecule has 3 aromatic rings. The molecule has 3 rings (SSSR count). The van der Waals surface area contributed by atoms with Gasteiger partial charge in [0.2, 0.25) is 0 Å². The van der Waals surface area contributed by atoms with Gasteiger partial charge in [0, 0.05) is 11.6 Å². The van der Waals surface area contributed by atoms with Gasteiger partial charge in [0.25, 0.3) is 0 Å². The van der Waals surface area contributed by atoms with E-state index in [-0.39, 0.29) is 17.3 Å². The molecule has 0 heterocycles. The molecule has 0 N–H and O–H groups in total. The minimum atomic E-state index is -0.643. The zero-order valence-corrected chi connectivity index (χ0v) is 14.4. The highest BCUT2D eigenvalue weighted by Gasteiger charge is 2.10. The van der Waals surface area contributed by atoms with Gasteiger partial charge in [0.1, 0.15) is 17.5 Å². The highest BCUT2D eigenvalue weighted by molar-refractivity contribution is 5.70. The molecule has 0 aromatic heterocycles. The fourth-order valence-corrected chi connectivity index (χ4v) is 2.88. The molecule has 0 fully saturated rings. The number of halogens is 3. The van der Waals surface area contributed by atoms with Crippen LogP contribution < -0.4 is 0 Å². The van der Waals surface area contributed by atoms with Crippen molar-refractivity contribution in [3.8, 4) is 0 Å². The van der Waals surface area contributed by atoms with Crippen LogP contribution in [0.5, 0.6) is 0 Å². The molecular weight excluding hydrogens is 333 g/mol. The molecule has 0 unspecified atom stereocenters. The Bertz CT molecular complexity index is 914. The monoisotopic (exact) mass is 352 g/mol. The van der Waals surface area contributed by atoms with Crippen LogP contribution in [0.25, 0.3) is 12.2 Å². The van der Waals surface area contributed by atoms with Crippen molar-refractivity contribution in [3.63, 3.8) is 0 Å². The van der Waals surface area contributed by atoms with Gasteiger partial charge in [-0.3, -0.25) is 0 Å². The van der Waals surface area contributed by atoms with Gasteiger partial charge in [0.05, 0.1) is 0 Å². The lowest BCUT2D eigenvalue weighted by atomic mass is 9.93. The number of rotatable bonds is 5. The lowest BCUT2D eigenvalue weighted by molar-refractivity contribution is 0.581. The van der Waals surface area contributed by atoms with Gasteiger partial charge in [-0.25, -0.2) is 13.2 Å². The van der Waals surface area contributed by atoms with Crippen molar-refractivity contribution >= 4 is 12.2 Å². The Hall–Kier alpha value is -2.81. The van der Waals surface area contributed by atoms with Crippen LogP contribution in [-0.4, -0.2) is 0 Å². The van der Waals surface area contributed by atoms with E-state index in [1.807, 2.05) is 30.3 Å². The maximum atomic E-state index is 14.4. The van der Waals surface area contributed by atoms with E-state index in [9.17, 15) is 13.2 Å². The average Bonchev–Trinajstić information content (AvgIpc) is 2.63. The van der Waals surface area contributed by atoms with E-state index < -0.39 is 11.6 Å². The van der Waals surface area contributed by atoms with E-state index in [1.54, 1.807) is 18.2 Å². The van der Waals surface area contributed by atoms with Crippen LogP contribution in [0.4, 0.5) is 13.2 Å². The van der Waals surface area contributed by atoms with Gasteiger partial charge in [-0.05, 0) is 47.2 Å². The predicted octanol–water partition coefficient (Wildman–Crippen LogP) is 6.62. The molecule has 26 heavy (non-hydrogen) atoms. The minimum absolute atomic E-state index is 0.209. The van der Waals surface area contributed by atoms with Crippen molar-refractivity contribution in [3.05, 3.63) is 106 Å². The Morgan fingerprint density at radius 1 is 0.808 bits per heavy atom. The standard InChI is InChI=1S/C23H19F3/c1-16(18-5-3-2-4-6-18)13-20-10-8-17(14-22(20)25)7-9-19-11-12-21(24)15-23(19)26/h2-12,14-16H,13H2,1H3/t16-/m1/s1. The molecule has 3 heteroatoms. The first kappa shape index (κ1) is 18.0. The van der Waals surface area contributed by atoms with Crippen LogP contribution in [-0.2, 0) is 6.42 Å². The van der Waals surface area contributed by atoms with Gasteiger partial charge < -0.3 is 0 Å². The predicted molar refractivity (Wildman–Crippen MR) is 100 cm³/mol. The van der Waals surface area contributed by atoms with Crippen molar-refractivity contribution < 1.29 is 13.2 Å². The zero-order valence-electron chi connectivity index (χ0n) is 14.4. The number of benzene rings is 3. The molecule has 0 bridgehead atoms. The molecule has 0 amide bonds. The second-order valence-electron chi connectivity index (χ2n) is 6.37. The summed E-state index contributed by atoms with van der Waals surface area (Å²) in [7, 11) is 0. The highest BCUT2D eigenvalue weighted by Crippen LogP contribution is 2.23. The molecule has 0 radical (unpaired) electrons. The molecule has 0 spiro atoms. The molecule has 0 saturated heterocycles. The summed E-state index contributed by atoms with van der Waals surface area (Å²) in [5.74, 6) is -1.34. The van der Waals surface area contributed by atoms with E-state index in [0.29, 0.717) is 17.5 Å². The quantitative estimate of drug-likeness (QED) is 0.453. The normalized spacial score (nSPS) is 12.5. The molecule has 0 aliphatic carbocycles. The smallest absolute Gasteiger partial charge is 0.133 e. The van der Waals surface area contributed by atoms with E-state index in [0.717, 1.165) is 6.07 Å². The first-order chi connectivity index (χ1) is 12.5. The van der Waals surface area contributed by atoms with Gasteiger partial charge >= 0.3 is 0 Å². The SMILES string of the molecule is C[C@H](Cc1ccc(C=Cc2ccc(F)cc2F)cc1F)c1ccccc1.